The van der Waals surface area contributed by atoms with Gasteiger partial charge in [-0.2, -0.15) is 0 Å². The van der Waals surface area contributed by atoms with E-state index in [1.165, 1.54) is 0 Å². The molecule has 1 aromatic rings. The molecular weight excluding hydrogens is 450 g/mol. The normalized spacial score (nSPS) is 21.3. The minimum atomic E-state index is -1.15. The quantitative estimate of drug-likeness (QED) is 0.263. The molecule has 1 aromatic carbocycles. The van der Waals surface area contributed by atoms with Crippen molar-refractivity contribution < 1.29 is 24.3 Å². The van der Waals surface area contributed by atoms with Crippen molar-refractivity contribution in [2.45, 2.75) is 75.5 Å². The van der Waals surface area contributed by atoms with Crippen LogP contribution in [0.25, 0.3) is 0 Å². The SMILES string of the molecule is NCCCCC(NC(=O)C1CCCN1C(=O)C1CCCN1)C(=O)NC(Cc1ccccc1)C(=O)O. The summed E-state index contributed by atoms with van der Waals surface area (Å²) < 4.78 is 0. The summed E-state index contributed by atoms with van der Waals surface area (Å²) in [6, 6.07) is 6.12. The lowest BCUT2D eigenvalue weighted by Gasteiger charge is -2.28. The highest BCUT2D eigenvalue weighted by Crippen LogP contribution is 2.21. The van der Waals surface area contributed by atoms with Crippen molar-refractivity contribution in [3.05, 3.63) is 35.9 Å². The zero-order valence-electron chi connectivity index (χ0n) is 20.1. The van der Waals surface area contributed by atoms with E-state index in [-0.39, 0.29) is 24.3 Å². The van der Waals surface area contributed by atoms with Gasteiger partial charge in [0, 0.05) is 13.0 Å². The molecule has 3 amide bonds. The summed E-state index contributed by atoms with van der Waals surface area (Å²) in [5.41, 5.74) is 6.38. The van der Waals surface area contributed by atoms with Gasteiger partial charge in [-0.15, -0.1) is 0 Å². The number of nitrogens with zero attached hydrogens (tertiary/aromatic N) is 1. The minimum Gasteiger partial charge on any atom is -0.480 e. The number of aliphatic carboxylic acids is 1. The molecule has 192 valence electrons. The Hall–Kier alpha value is -2.98. The predicted molar refractivity (Wildman–Crippen MR) is 130 cm³/mol. The maximum atomic E-state index is 13.2. The Morgan fingerprint density at radius 2 is 1.83 bits per heavy atom. The van der Waals surface area contributed by atoms with Crippen LogP contribution in [0.4, 0.5) is 0 Å². The fourth-order valence-electron chi connectivity index (χ4n) is 4.75. The molecule has 0 radical (unpaired) electrons. The molecule has 0 spiro atoms. The van der Waals surface area contributed by atoms with Crippen LogP contribution in [-0.2, 0) is 25.6 Å². The van der Waals surface area contributed by atoms with Crippen molar-refractivity contribution in [1.82, 2.24) is 20.9 Å². The molecule has 10 nitrogen and oxygen atoms in total. The number of hydrogen-bond acceptors (Lipinski definition) is 6. The standard InChI is InChI=1S/C25H37N5O5/c26-13-5-4-10-18(22(31)29-20(25(34)35)16-17-8-2-1-3-9-17)28-23(32)21-12-7-15-30(21)24(33)19-11-6-14-27-19/h1-3,8-9,18-21,27H,4-7,10-16,26H2,(H,28,32)(H,29,31)(H,34,35). The zero-order valence-corrected chi connectivity index (χ0v) is 20.1. The van der Waals surface area contributed by atoms with Crippen molar-refractivity contribution in [3.63, 3.8) is 0 Å². The second-order valence-electron chi connectivity index (χ2n) is 9.27. The first-order valence-corrected chi connectivity index (χ1v) is 12.5. The third-order valence-electron chi connectivity index (χ3n) is 6.67. The largest absolute Gasteiger partial charge is 0.480 e. The van der Waals surface area contributed by atoms with E-state index in [1.54, 1.807) is 17.0 Å². The van der Waals surface area contributed by atoms with Crippen LogP contribution >= 0.6 is 0 Å². The lowest BCUT2D eigenvalue weighted by molar-refractivity contribution is -0.143. The molecule has 4 unspecified atom stereocenters. The Balaban J connectivity index is 1.66. The highest BCUT2D eigenvalue weighted by atomic mass is 16.4. The van der Waals surface area contributed by atoms with Gasteiger partial charge in [-0.05, 0) is 63.6 Å². The molecule has 4 atom stereocenters. The number of unbranched alkanes of at least 4 members (excludes halogenated alkanes) is 1. The van der Waals surface area contributed by atoms with Crippen LogP contribution in [0.5, 0.6) is 0 Å². The van der Waals surface area contributed by atoms with Gasteiger partial charge in [0.1, 0.15) is 18.1 Å². The molecule has 2 aliphatic heterocycles. The summed E-state index contributed by atoms with van der Waals surface area (Å²) in [5, 5.41) is 18.2. The van der Waals surface area contributed by atoms with Crippen LogP contribution in [0, 0.1) is 0 Å². The molecule has 0 bridgehead atoms. The van der Waals surface area contributed by atoms with Gasteiger partial charge in [-0.25, -0.2) is 4.79 Å². The van der Waals surface area contributed by atoms with E-state index in [0.29, 0.717) is 38.8 Å². The number of carbonyl (C=O) groups is 4. The lowest BCUT2D eigenvalue weighted by atomic mass is 10.0. The first-order valence-electron chi connectivity index (χ1n) is 12.5. The summed E-state index contributed by atoms with van der Waals surface area (Å²) in [4.78, 5) is 52.6. The number of likely N-dealkylation sites (tertiary alicyclic amines) is 1. The average molecular weight is 488 g/mol. The second kappa shape index (κ2) is 13.2. The summed E-state index contributed by atoms with van der Waals surface area (Å²) in [6.45, 7) is 1.75. The molecule has 6 N–H and O–H groups in total. The third-order valence-corrected chi connectivity index (χ3v) is 6.67. The number of carboxylic acid groups (broad SMARTS) is 1. The van der Waals surface area contributed by atoms with Crippen molar-refractivity contribution in [1.29, 1.82) is 0 Å². The van der Waals surface area contributed by atoms with Gasteiger partial charge in [0.25, 0.3) is 0 Å². The molecule has 10 heteroatoms. The van der Waals surface area contributed by atoms with Gasteiger partial charge in [0.2, 0.25) is 17.7 Å². The topological polar surface area (TPSA) is 154 Å². The number of carboxylic acids is 1. The summed E-state index contributed by atoms with van der Waals surface area (Å²) in [5.74, 6) is -2.15. The van der Waals surface area contributed by atoms with Crippen LogP contribution in [0.1, 0.15) is 50.5 Å². The third kappa shape index (κ3) is 7.50. The molecule has 2 saturated heterocycles. The number of rotatable bonds is 12. The van der Waals surface area contributed by atoms with Crippen molar-refractivity contribution >= 4 is 23.7 Å². The number of nitrogens with one attached hydrogen (secondary N) is 3. The Morgan fingerprint density at radius 1 is 1.06 bits per heavy atom. The van der Waals surface area contributed by atoms with Crippen molar-refractivity contribution in [2.24, 2.45) is 5.73 Å². The molecule has 0 aromatic heterocycles. The fourth-order valence-corrected chi connectivity index (χ4v) is 4.75. The number of carbonyl (C=O) groups excluding carboxylic acids is 3. The van der Waals surface area contributed by atoms with Crippen LogP contribution in [0.3, 0.4) is 0 Å². The lowest BCUT2D eigenvalue weighted by Crippen LogP contribution is -2.56. The fraction of sp³-hybridized carbons (Fsp3) is 0.600. The summed E-state index contributed by atoms with van der Waals surface area (Å²) in [6.07, 6.45) is 4.68. The smallest absolute Gasteiger partial charge is 0.326 e. The van der Waals surface area contributed by atoms with Gasteiger partial charge in [0.05, 0.1) is 6.04 Å². The highest BCUT2D eigenvalue weighted by molar-refractivity contribution is 5.94. The number of benzene rings is 1. The van der Waals surface area contributed by atoms with Crippen LogP contribution < -0.4 is 21.7 Å². The molecule has 2 heterocycles. The van der Waals surface area contributed by atoms with Gasteiger partial charge in [-0.1, -0.05) is 30.3 Å². The zero-order chi connectivity index (χ0) is 25.2. The van der Waals surface area contributed by atoms with E-state index in [2.05, 4.69) is 16.0 Å². The van der Waals surface area contributed by atoms with Gasteiger partial charge in [-0.3, -0.25) is 14.4 Å². The summed E-state index contributed by atoms with van der Waals surface area (Å²) in [7, 11) is 0. The Bertz CT molecular complexity index is 874. The van der Waals surface area contributed by atoms with Gasteiger partial charge >= 0.3 is 5.97 Å². The molecular formula is C25H37N5O5. The molecule has 0 aliphatic carbocycles. The Labute approximate surface area is 206 Å². The Kier molecular flexibility index (Phi) is 10.0. The first kappa shape index (κ1) is 26.6. The number of amides is 3. The van der Waals surface area contributed by atoms with Crippen LogP contribution in [0.15, 0.2) is 30.3 Å². The number of hydrogen-bond donors (Lipinski definition) is 5. The average Bonchev–Trinajstić information content (AvgIpc) is 3.56. The van der Waals surface area contributed by atoms with Crippen molar-refractivity contribution in [2.75, 3.05) is 19.6 Å². The van der Waals surface area contributed by atoms with E-state index >= 15 is 0 Å². The Morgan fingerprint density at radius 3 is 2.49 bits per heavy atom. The maximum absolute atomic E-state index is 13.2. The maximum Gasteiger partial charge on any atom is 0.326 e. The monoisotopic (exact) mass is 487 g/mol. The van der Waals surface area contributed by atoms with Gasteiger partial charge < -0.3 is 31.7 Å². The van der Waals surface area contributed by atoms with Crippen LogP contribution in [-0.4, -0.2) is 77.5 Å². The molecule has 2 fully saturated rings. The van der Waals surface area contributed by atoms with E-state index in [0.717, 1.165) is 31.4 Å². The van der Waals surface area contributed by atoms with Crippen LogP contribution in [0.2, 0.25) is 0 Å². The molecule has 2 aliphatic rings. The minimum absolute atomic E-state index is 0.0712. The highest BCUT2D eigenvalue weighted by Gasteiger charge is 2.39. The number of nitrogens with two attached hydrogens (primary N) is 1. The summed E-state index contributed by atoms with van der Waals surface area (Å²) >= 11 is 0. The van der Waals surface area contributed by atoms with E-state index < -0.39 is 30.0 Å². The molecule has 0 saturated carbocycles. The predicted octanol–water partition coefficient (Wildman–Crippen LogP) is 0.155. The van der Waals surface area contributed by atoms with Gasteiger partial charge in [0.15, 0.2) is 0 Å². The van der Waals surface area contributed by atoms with E-state index in [1.807, 2.05) is 18.2 Å². The molecule has 3 rings (SSSR count). The van der Waals surface area contributed by atoms with E-state index in [9.17, 15) is 24.3 Å². The second-order valence-corrected chi connectivity index (χ2v) is 9.27. The van der Waals surface area contributed by atoms with E-state index in [4.69, 9.17) is 5.73 Å². The first-order chi connectivity index (χ1) is 16.9. The van der Waals surface area contributed by atoms with Crippen molar-refractivity contribution in [3.8, 4) is 0 Å². The molecule has 35 heavy (non-hydrogen) atoms.